The summed E-state index contributed by atoms with van der Waals surface area (Å²) in [5.41, 5.74) is 0. The average molecular weight is 275 g/mol. The molecule has 8 heteroatoms. The van der Waals surface area contributed by atoms with E-state index >= 15 is 0 Å². The van der Waals surface area contributed by atoms with E-state index in [1.54, 1.807) is 20.8 Å². The van der Waals surface area contributed by atoms with Gasteiger partial charge in [0.25, 0.3) is 0 Å². The molecule has 1 N–H and O–H groups in total. The molecule has 0 aromatic heterocycles. The number of carbonyl (C=O) groups is 1. The summed E-state index contributed by atoms with van der Waals surface area (Å²) in [7, 11) is -2.60. The van der Waals surface area contributed by atoms with Crippen LogP contribution in [0.4, 0.5) is 4.79 Å². The van der Waals surface area contributed by atoms with E-state index in [1.165, 1.54) is 0 Å². The van der Waals surface area contributed by atoms with Gasteiger partial charge < -0.3 is 17.1 Å². The number of halogens is 1. The highest BCUT2D eigenvalue weighted by Gasteiger charge is 2.38. The van der Waals surface area contributed by atoms with Gasteiger partial charge in [0.2, 0.25) is 0 Å². The summed E-state index contributed by atoms with van der Waals surface area (Å²) in [6.45, 7) is 6.51. The number of rotatable bonds is 5. The minimum absolute atomic E-state index is 0. The summed E-state index contributed by atoms with van der Waals surface area (Å²) in [6, 6.07) is 0. The first-order chi connectivity index (χ1) is 6.89. The predicted octanol–water partition coefficient (Wildman–Crippen LogP) is -2.53. The number of carbonyl (C=O) groups excluding carboxylic acids is 1. The molecule has 0 atom stereocenters. The maximum atomic E-state index is 11.9. The van der Waals surface area contributed by atoms with Crippen molar-refractivity contribution in [2.75, 3.05) is 26.7 Å². The van der Waals surface area contributed by atoms with Gasteiger partial charge in [-0.3, -0.25) is 0 Å². The van der Waals surface area contributed by atoms with Gasteiger partial charge >= 0.3 is 16.3 Å². The van der Waals surface area contributed by atoms with Crippen LogP contribution in [-0.4, -0.2) is 45.1 Å². The Morgan fingerprint density at radius 3 is 1.81 bits per heavy atom. The highest BCUT2D eigenvalue weighted by Crippen LogP contribution is 2.12. The summed E-state index contributed by atoms with van der Waals surface area (Å²) >= 11 is 0. The highest BCUT2D eigenvalue weighted by molar-refractivity contribution is 7.84. The fourth-order valence-corrected chi connectivity index (χ4v) is 2.93. The van der Waals surface area contributed by atoms with Crippen LogP contribution >= 0.6 is 0 Å². The maximum absolute atomic E-state index is 11.9. The fourth-order valence-electron chi connectivity index (χ4n) is 1.42. The number of nitrogens with zero attached hydrogens (tertiary/aromatic N) is 1. The van der Waals surface area contributed by atoms with Crippen molar-refractivity contribution in [3.05, 3.63) is 0 Å². The molecule has 0 radical (unpaired) electrons. The van der Waals surface area contributed by atoms with Crippen LogP contribution in [0.25, 0.3) is 0 Å². The van der Waals surface area contributed by atoms with E-state index in [-0.39, 0.29) is 16.3 Å². The normalized spacial score (nSPS) is 11.5. The number of amides is 1. The van der Waals surface area contributed by atoms with Crippen LogP contribution in [-0.2, 0) is 14.9 Å². The Morgan fingerprint density at radius 1 is 1.19 bits per heavy atom. The molecular formula is C8H19ClN2O4S. The van der Waals surface area contributed by atoms with Crippen molar-refractivity contribution in [3.63, 3.8) is 0 Å². The number of hydrogen-bond acceptors (Lipinski definition) is 4. The molecule has 0 bridgehead atoms. The lowest BCUT2D eigenvalue weighted by Gasteiger charge is -2.32. The van der Waals surface area contributed by atoms with Gasteiger partial charge in [-0.1, -0.05) is 0 Å². The summed E-state index contributed by atoms with van der Waals surface area (Å²) in [4.78, 5) is 10.9. The molecule has 98 valence electrons. The Kier molecular flexibility index (Phi) is 7.73. The molecule has 0 aromatic rings. The Hall–Kier alpha value is -0.530. The number of ether oxygens (including phenoxy) is 1. The third kappa shape index (κ3) is 3.50. The van der Waals surface area contributed by atoms with E-state index in [0.29, 0.717) is 19.6 Å². The van der Waals surface area contributed by atoms with Crippen LogP contribution < -0.4 is 17.1 Å². The van der Waals surface area contributed by atoms with Crippen LogP contribution in [0, 0.1) is 0 Å². The minimum Gasteiger partial charge on any atom is -1.00 e. The van der Waals surface area contributed by atoms with Crippen LogP contribution in [0.1, 0.15) is 20.8 Å². The molecule has 0 saturated carbocycles. The Bertz CT molecular complexity index is 306. The molecule has 0 aliphatic rings. The van der Waals surface area contributed by atoms with Crippen molar-refractivity contribution in [1.82, 2.24) is 4.72 Å². The van der Waals surface area contributed by atoms with E-state index in [9.17, 15) is 13.2 Å². The smallest absolute Gasteiger partial charge is 0.424 e. The molecule has 0 spiro atoms. The largest absolute Gasteiger partial charge is 1.00 e. The third-order valence-corrected chi connectivity index (χ3v) is 4.86. The first-order valence-electron chi connectivity index (χ1n) is 4.86. The van der Waals surface area contributed by atoms with Crippen LogP contribution in [0.2, 0.25) is 0 Å². The molecule has 1 amide bonds. The first-order valence-corrected chi connectivity index (χ1v) is 6.30. The molecule has 16 heavy (non-hydrogen) atoms. The third-order valence-electron chi connectivity index (χ3n) is 2.64. The fraction of sp³-hybridized carbons (Fsp3) is 0.875. The highest BCUT2D eigenvalue weighted by atomic mass is 35.5. The summed E-state index contributed by atoms with van der Waals surface area (Å²) < 4.78 is 29.7. The van der Waals surface area contributed by atoms with Crippen LogP contribution in [0.5, 0.6) is 0 Å². The molecule has 0 saturated heterocycles. The zero-order valence-corrected chi connectivity index (χ0v) is 11.6. The van der Waals surface area contributed by atoms with Gasteiger partial charge in [0.05, 0.1) is 26.7 Å². The van der Waals surface area contributed by atoms with Crippen LogP contribution in [0.15, 0.2) is 0 Å². The lowest BCUT2D eigenvalue weighted by atomic mass is 10.5. The molecule has 0 unspecified atom stereocenters. The maximum Gasteiger partial charge on any atom is 0.424 e. The summed E-state index contributed by atoms with van der Waals surface area (Å²) in [6.07, 6.45) is -0.951. The molecule has 0 aliphatic carbocycles. The van der Waals surface area contributed by atoms with E-state index in [1.807, 2.05) is 4.72 Å². The zero-order valence-electron chi connectivity index (χ0n) is 9.99. The first kappa shape index (κ1) is 17.9. The SMILES string of the molecule is CC[N+](CC)(CC)S(=O)(=O)NC(=O)OC.[Cl-]. The van der Waals surface area contributed by atoms with Gasteiger partial charge in [0.1, 0.15) is 0 Å². The van der Waals surface area contributed by atoms with E-state index in [0.717, 1.165) is 7.11 Å². The molecule has 0 rings (SSSR count). The van der Waals surface area contributed by atoms with Crippen molar-refractivity contribution in [2.24, 2.45) is 0 Å². The molecule has 0 aliphatic heterocycles. The molecule has 0 heterocycles. The quantitative estimate of drug-likeness (QED) is 0.561. The second-order valence-corrected chi connectivity index (χ2v) is 5.00. The van der Waals surface area contributed by atoms with Crippen molar-refractivity contribution >= 4 is 16.3 Å². The van der Waals surface area contributed by atoms with E-state index in [4.69, 9.17) is 0 Å². The predicted molar refractivity (Wildman–Crippen MR) is 56.3 cm³/mol. The van der Waals surface area contributed by atoms with E-state index < -0.39 is 16.3 Å². The number of nitrogens with one attached hydrogen (secondary N) is 1. The lowest BCUT2D eigenvalue weighted by molar-refractivity contribution is -0.801. The Morgan fingerprint density at radius 2 is 1.56 bits per heavy atom. The van der Waals surface area contributed by atoms with Crippen LogP contribution in [0.3, 0.4) is 0 Å². The monoisotopic (exact) mass is 274 g/mol. The molecule has 0 aromatic carbocycles. The lowest BCUT2D eigenvalue weighted by Crippen LogP contribution is -3.00. The zero-order chi connectivity index (χ0) is 12.1. The van der Waals surface area contributed by atoms with E-state index in [2.05, 4.69) is 4.74 Å². The van der Waals surface area contributed by atoms with Gasteiger partial charge in [-0.05, 0) is 20.8 Å². The van der Waals surface area contributed by atoms with Gasteiger partial charge in [-0.2, -0.15) is 13.1 Å². The van der Waals surface area contributed by atoms with Crippen molar-refractivity contribution in [3.8, 4) is 0 Å². The number of hydrogen-bond donors (Lipinski definition) is 1. The molecule has 6 nitrogen and oxygen atoms in total. The van der Waals surface area contributed by atoms with Gasteiger partial charge in [0, 0.05) is 0 Å². The number of quaternary nitrogens is 1. The second kappa shape index (κ2) is 6.93. The van der Waals surface area contributed by atoms with Crippen molar-refractivity contribution in [1.29, 1.82) is 0 Å². The van der Waals surface area contributed by atoms with Gasteiger partial charge in [-0.15, -0.1) is 0 Å². The number of methoxy groups -OCH3 is 1. The molecular weight excluding hydrogens is 256 g/mol. The van der Waals surface area contributed by atoms with Gasteiger partial charge in [-0.25, -0.2) is 8.68 Å². The average Bonchev–Trinajstić information content (AvgIpc) is 2.20. The minimum atomic E-state index is -3.73. The summed E-state index contributed by atoms with van der Waals surface area (Å²) in [5.74, 6) is 0. The van der Waals surface area contributed by atoms with Gasteiger partial charge in [0.15, 0.2) is 0 Å². The Labute approximate surface area is 103 Å². The Balaban J connectivity index is 0. The van der Waals surface area contributed by atoms with Crippen molar-refractivity contribution < 1.29 is 34.2 Å². The second-order valence-electron chi connectivity index (χ2n) is 3.08. The molecule has 0 fully saturated rings. The standard InChI is InChI=1S/C8H18N2O4S.ClH/c1-5-10(6-2,7-3)15(12,13)9-8(11)14-4;/h5-7H2,1-4H3;1H. The summed E-state index contributed by atoms with van der Waals surface area (Å²) in [5, 5.41) is 0. The van der Waals surface area contributed by atoms with Crippen molar-refractivity contribution in [2.45, 2.75) is 20.8 Å². The topological polar surface area (TPSA) is 72.5 Å².